The first-order valence-corrected chi connectivity index (χ1v) is 14.9. The summed E-state index contributed by atoms with van der Waals surface area (Å²) in [7, 11) is 0. The quantitative estimate of drug-likeness (QED) is 0.0712. The van der Waals surface area contributed by atoms with Crippen LogP contribution in [0.5, 0.6) is 0 Å². The number of allylic oxidation sites excluding steroid dienone is 1. The van der Waals surface area contributed by atoms with Crippen molar-refractivity contribution in [3.05, 3.63) is 36.0 Å². The summed E-state index contributed by atoms with van der Waals surface area (Å²) >= 11 is 0. The molecule has 0 saturated carbocycles. The Bertz CT molecular complexity index is 709. The van der Waals surface area contributed by atoms with Gasteiger partial charge in [0.25, 0.3) is 0 Å². The Hall–Kier alpha value is -2.41. The Morgan fingerprint density at radius 3 is 1.46 bits per heavy atom. The van der Waals surface area contributed by atoms with E-state index < -0.39 is 17.9 Å². The van der Waals surface area contributed by atoms with Crippen molar-refractivity contribution in [2.24, 2.45) is 0 Å². The molecule has 0 aliphatic heterocycles. The summed E-state index contributed by atoms with van der Waals surface area (Å²) in [6, 6.07) is 0. The van der Waals surface area contributed by atoms with E-state index in [1.54, 1.807) is 6.92 Å². The molecule has 0 spiro atoms. The second kappa shape index (κ2) is 28.6. The van der Waals surface area contributed by atoms with E-state index in [1.807, 2.05) is 0 Å². The number of carbonyl (C=O) groups is 3. The summed E-state index contributed by atoms with van der Waals surface area (Å²) in [5.74, 6) is -1.86. The van der Waals surface area contributed by atoms with Gasteiger partial charge >= 0.3 is 17.9 Å². The first kappa shape index (κ1) is 38.7. The van der Waals surface area contributed by atoms with E-state index >= 15 is 0 Å². The van der Waals surface area contributed by atoms with Crippen LogP contribution in [-0.2, 0) is 23.9 Å². The third-order valence-electron chi connectivity index (χ3n) is 6.18. The third kappa shape index (κ3) is 28.4. The van der Waals surface area contributed by atoms with Crippen LogP contribution in [0.3, 0.4) is 0 Å². The van der Waals surface area contributed by atoms with Gasteiger partial charge in [0.2, 0.25) is 0 Å². The number of carbonyl (C=O) groups excluding carboxylic acids is 2. The van der Waals surface area contributed by atoms with Crippen molar-refractivity contribution >= 4 is 17.9 Å². The van der Waals surface area contributed by atoms with Crippen LogP contribution in [0.1, 0.15) is 130 Å². The average Bonchev–Trinajstić information content (AvgIpc) is 2.91. The number of esters is 2. The van der Waals surface area contributed by atoms with Crippen LogP contribution in [-0.4, -0.2) is 47.9 Å². The zero-order valence-corrected chi connectivity index (χ0v) is 25.1. The highest BCUT2D eigenvalue weighted by Gasteiger charge is 2.08. The van der Waals surface area contributed by atoms with E-state index in [0.717, 1.165) is 12.8 Å². The number of aliphatic carboxylic acids is 1. The number of carboxylic acid groups (broad SMARTS) is 1. The molecule has 226 valence electrons. The maximum atomic E-state index is 11.8. The first-order chi connectivity index (χ1) is 18.7. The fraction of sp³-hybridized carbons (Fsp3) is 0.719. The molecule has 0 unspecified atom stereocenters. The van der Waals surface area contributed by atoms with Gasteiger partial charge in [-0.3, -0.25) is 0 Å². The molecule has 0 atom stereocenters. The molecule has 0 aliphatic carbocycles. The van der Waals surface area contributed by atoms with E-state index in [9.17, 15) is 14.4 Å². The van der Waals surface area contributed by atoms with Crippen molar-refractivity contribution in [3.63, 3.8) is 0 Å². The molecule has 0 radical (unpaired) electrons. The zero-order valence-electron chi connectivity index (χ0n) is 25.1. The van der Waals surface area contributed by atoms with Crippen LogP contribution >= 0.6 is 0 Å². The Morgan fingerprint density at radius 1 is 0.667 bits per heavy atom. The maximum Gasteiger partial charge on any atom is 0.333 e. The minimum atomic E-state index is -0.982. The van der Waals surface area contributed by atoms with Gasteiger partial charge in [-0.25, -0.2) is 14.4 Å². The van der Waals surface area contributed by atoms with Gasteiger partial charge < -0.3 is 19.7 Å². The van der Waals surface area contributed by atoms with Gasteiger partial charge in [-0.2, -0.15) is 0 Å². The molecule has 0 aromatic heterocycles. The van der Waals surface area contributed by atoms with Gasteiger partial charge in [-0.05, 0) is 26.7 Å². The lowest BCUT2D eigenvalue weighted by Gasteiger charge is -2.06. The van der Waals surface area contributed by atoms with Gasteiger partial charge in [0.1, 0.15) is 6.61 Å². The first-order valence-electron chi connectivity index (χ1n) is 14.9. The SMILES string of the molecule is C=C(C)C(=O)OCCO.C=C(CC=C(C)C(=O)O)C(=O)OCCCCCCCCCCCCCCCCCC. The van der Waals surface area contributed by atoms with Gasteiger partial charge in [-0.1, -0.05) is 122 Å². The summed E-state index contributed by atoms with van der Waals surface area (Å²) < 4.78 is 9.66. The molecular formula is C32H56O7. The molecule has 0 aromatic rings. The number of carboxylic acids is 1. The second-order valence-corrected chi connectivity index (χ2v) is 10.1. The monoisotopic (exact) mass is 552 g/mol. The van der Waals surface area contributed by atoms with Crippen LogP contribution in [0.25, 0.3) is 0 Å². The second-order valence-electron chi connectivity index (χ2n) is 10.1. The van der Waals surface area contributed by atoms with E-state index in [-0.39, 0.29) is 25.2 Å². The molecule has 0 heterocycles. The molecule has 0 bridgehead atoms. The van der Waals surface area contributed by atoms with Crippen LogP contribution in [0, 0.1) is 0 Å². The minimum Gasteiger partial charge on any atom is -0.478 e. The molecule has 7 nitrogen and oxygen atoms in total. The van der Waals surface area contributed by atoms with Crippen LogP contribution in [0.4, 0.5) is 0 Å². The van der Waals surface area contributed by atoms with Crippen molar-refractivity contribution in [1.29, 1.82) is 0 Å². The number of rotatable bonds is 24. The number of aliphatic hydroxyl groups excluding tert-OH is 1. The minimum absolute atomic E-state index is 0.0473. The maximum absolute atomic E-state index is 11.8. The topological polar surface area (TPSA) is 110 Å². The molecule has 2 N–H and O–H groups in total. The fourth-order valence-electron chi connectivity index (χ4n) is 3.63. The van der Waals surface area contributed by atoms with E-state index in [2.05, 4.69) is 24.8 Å². The van der Waals surface area contributed by atoms with Gasteiger partial charge in [-0.15, -0.1) is 0 Å². The highest BCUT2D eigenvalue weighted by Crippen LogP contribution is 2.14. The Morgan fingerprint density at radius 2 is 1.08 bits per heavy atom. The van der Waals surface area contributed by atoms with Crippen molar-refractivity contribution in [3.8, 4) is 0 Å². The lowest BCUT2D eigenvalue weighted by atomic mass is 10.0. The molecule has 0 aromatic carbocycles. The van der Waals surface area contributed by atoms with Crippen molar-refractivity contribution < 1.29 is 34.1 Å². The molecule has 39 heavy (non-hydrogen) atoms. The van der Waals surface area contributed by atoms with Crippen molar-refractivity contribution in [1.82, 2.24) is 0 Å². The van der Waals surface area contributed by atoms with Crippen molar-refractivity contribution in [2.45, 2.75) is 130 Å². The third-order valence-corrected chi connectivity index (χ3v) is 6.18. The van der Waals surface area contributed by atoms with Crippen LogP contribution < -0.4 is 0 Å². The number of unbranched alkanes of at least 4 members (excludes halogenated alkanes) is 15. The Labute approximate surface area is 237 Å². The number of ether oxygens (including phenoxy) is 2. The van der Waals surface area contributed by atoms with Crippen LogP contribution in [0.2, 0.25) is 0 Å². The summed E-state index contributed by atoms with van der Waals surface area (Å²) in [6.07, 6.45) is 22.7. The van der Waals surface area contributed by atoms with E-state index in [4.69, 9.17) is 14.9 Å². The van der Waals surface area contributed by atoms with Crippen molar-refractivity contribution in [2.75, 3.05) is 19.8 Å². The lowest BCUT2D eigenvalue weighted by Crippen LogP contribution is -2.08. The number of hydrogen-bond donors (Lipinski definition) is 2. The van der Waals surface area contributed by atoms with E-state index in [1.165, 1.54) is 103 Å². The van der Waals surface area contributed by atoms with Gasteiger partial charge in [0.05, 0.1) is 13.2 Å². The Kier molecular flexibility index (Phi) is 28.4. The summed E-state index contributed by atoms with van der Waals surface area (Å²) in [4.78, 5) is 33.0. The van der Waals surface area contributed by atoms with Crippen LogP contribution in [0.15, 0.2) is 36.0 Å². The summed E-state index contributed by atoms with van der Waals surface area (Å²) in [5, 5.41) is 17.0. The Balaban J connectivity index is 0. The predicted molar refractivity (Wildman–Crippen MR) is 159 cm³/mol. The normalized spacial score (nSPS) is 10.8. The largest absolute Gasteiger partial charge is 0.478 e. The molecule has 7 heteroatoms. The fourth-order valence-corrected chi connectivity index (χ4v) is 3.63. The lowest BCUT2D eigenvalue weighted by molar-refractivity contribution is -0.140. The summed E-state index contributed by atoms with van der Waals surface area (Å²) in [6.45, 7) is 12.7. The highest BCUT2D eigenvalue weighted by atomic mass is 16.5. The average molecular weight is 553 g/mol. The van der Waals surface area contributed by atoms with Gasteiger partial charge in [0.15, 0.2) is 0 Å². The highest BCUT2D eigenvalue weighted by molar-refractivity contribution is 5.89. The molecule has 0 aliphatic rings. The molecule has 0 rings (SSSR count). The smallest absolute Gasteiger partial charge is 0.333 e. The predicted octanol–water partition coefficient (Wildman–Crippen LogP) is 7.87. The van der Waals surface area contributed by atoms with E-state index in [0.29, 0.717) is 17.8 Å². The standard InChI is InChI=1S/C26H46O4.C6H10O3/c1-4-5-6-7-8-9-10-11-12-13-14-15-16-17-18-19-22-30-26(29)24(3)21-20-23(2)25(27)28;1-5(2)6(8)9-4-3-7/h20H,3-19,21-22H2,1-2H3,(H,27,28);7H,1,3-4H2,2H3. The molecule has 0 amide bonds. The number of hydrogen-bond acceptors (Lipinski definition) is 6. The van der Waals surface area contributed by atoms with Gasteiger partial charge in [0, 0.05) is 16.7 Å². The molecule has 0 fully saturated rings. The molecule has 0 saturated heterocycles. The molecular weight excluding hydrogens is 496 g/mol. The zero-order chi connectivity index (χ0) is 29.7. The number of aliphatic hydroxyl groups is 1. The summed E-state index contributed by atoms with van der Waals surface area (Å²) in [5.41, 5.74) is 0.859.